The van der Waals surface area contributed by atoms with E-state index in [1.807, 2.05) is 51.1 Å². The van der Waals surface area contributed by atoms with Crippen molar-refractivity contribution in [3.8, 4) is 0 Å². The highest BCUT2D eigenvalue weighted by atomic mass is 16.5. The molecular formula is C23H28N2O4. The summed E-state index contributed by atoms with van der Waals surface area (Å²) in [6.45, 7) is 7.44. The van der Waals surface area contributed by atoms with Gasteiger partial charge in [-0.1, -0.05) is 42.5 Å². The van der Waals surface area contributed by atoms with Crippen LogP contribution >= 0.6 is 0 Å². The number of hydrogen-bond acceptors (Lipinski definition) is 4. The van der Waals surface area contributed by atoms with Gasteiger partial charge in [0.25, 0.3) is 11.8 Å². The Balaban J connectivity index is 2.13. The quantitative estimate of drug-likeness (QED) is 0.759. The number of nitrogens with zero attached hydrogens (tertiary/aromatic N) is 1. The molecule has 0 heterocycles. The number of amides is 2. The summed E-state index contributed by atoms with van der Waals surface area (Å²) in [5, 5.41) is 2.77. The number of carbonyl (C=O) groups is 3. The van der Waals surface area contributed by atoms with E-state index >= 15 is 0 Å². The van der Waals surface area contributed by atoms with Crippen molar-refractivity contribution in [1.29, 1.82) is 0 Å². The Bertz CT molecular complexity index is 872. The average molecular weight is 396 g/mol. The van der Waals surface area contributed by atoms with E-state index in [1.165, 1.54) is 17.9 Å². The van der Waals surface area contributed by atoms with E-state index in [4.69, 9.17) is 4.74 Å². The summed E-state index contributed by atoms with van der Waals surface area (Å²) in [4.78, 5) is 39.3. The molecule has 0 bridgehead atoms. The SMILES string of the molecule is C[C@H](OC(=O)c1ccccc1C(=O)N(C)Cc1ccccc1)C(=O)NC(C)(C)C. The third-order valence-electron chi connectivity index (χ3n) is 4.14. The first-order chi connectivity index (χ1) is 13.6. The van der Waals surface area contributed by atoms with Gasteiger partial charge in [0.05, 0.1) is 11.1 Å². The molecule has 0 aliphatic rings. The largest absolute Gasteiger partial charge is 0.449 e. The summed E-state index contributed by atoms with van der Waals surface area (Å²) in [5.74, 6) is -1.40. The molecule has 2 rings (SSSR count). The highest BCUT2D eigenvalue weighted by Gasteiger charge is 2.26. The average Bonchev–Trinajstić information content (AvgIpc) is 2.66. The first kappa shape index (κ1) is 22.1. The molecule has 6 nitrogen and oxygen atoms in total. The number of benzene rings is 2. The Hall–Kier alpha value is -3.15. The lowest BCUT2D eigenvalue weighted by atomic mass is 10.1. The smallest absolute Gasteiger partial charge is 0.339 e. The fraction of sp³-hybridized carbons (Fsp3) is 0.348. The van der Waals surface area contributed by atoms with Crippen LogP contribution in [0.25, 0.3) is 0 Å². The molecule has 1 atom stereocenters. The molecule has 154 valence electrons. The van der Waals surface area contributed by atoms with E-state index in [2.05, 4.69) is 5.32 Å². The van der Waals surface area contributed by atoms with Crippen LogP contribution in [0, 0.1) is 0 Å². The first-order valence-corrected chi connectivity index (χ1v) is 9.50. The molecule has 2 aromatic carbocycles. The summed E-state index contributed by atoms with van der Waals surface area (Å²) < 4.78 is 5.31. The number of rotatable bonds is 6. The second-order valence-electron chi connectivity index (χ2n) is 7.98. The van der Waals surface area contributed by atoms with Crippen molar-refractivity contribution >= 4 is 17.8 Å². The van der Waals surface area contributed by atoms with E-state index in [-0.39, 0.29) is 17.0 Å². The topological polar surface area (TPSA) is 75.7 Å². The molecule has 1 N–H and O–H groups in total. The number of esters is 1. The zero-order valence-corrected chi connectivity index (χ0v) is 17.6. The van der Waals surface area contributed by atoms with Crippen molar-refractivity contribution in [3.05, 3.63) is 71.3 Å². The van der Waals surface area contributed by atoms with Gasteiger partial charge in [0.15, 0.2) is 6.10 Å². The number of hydrogen-bond donors (Lipinski definition) is 1. The molecule has 0 saturated carbocycles. The molecule has 29 heavy (non-hydrogen) atoms. The maximum atomic E-state index is 12.9. The van der Waals surface area contributed by atoms with E-state index in [0.717, 1.165) is 5.56 Å². The molecular weight excluding hydrogens is 368 g/mol. The Morgan fingerprint density at radius 2 is 1.52 bits per heavy atom. The van der Waals surface area contributed by atoms with E-state index in [0.29, 0.717) is 6.54 Å². The van der Waals surface area contributed by atoms with Gasteiger partial charge in [-0.3, -0.25) is 9.59 Å². The van der Waals surface area contributed by atoms with Gasteiger partial charge in [-0.05, 0) is 45.4 Å². The minimum atomic E-state index is -0.980. The molecule has 6 heteroatoms. The van der Waals surface area contributed by atoms with Gasteiger partial charge in [-0.2, -0.15) is 0 Å². The van der Waals surface area contributed by atoms with Crippen molar-refractivity contribution < 1.29 is 19.1 Å². The summed E-state index contributed by atoms with van der Waals surface area (Å²) >= 11 is 0. The van der Waals surface area contributed by atoms with Gasteiger partial charge >= 0.3 is 5.97 Å². The molecule has 0 aromatic heterocycles. The second-order valence-corrected chi connectivity index (χ2v) is 7.98. The third-order valence-corrected chi connectivity index (χ3v) is 4.14. The van der Waals surface area contributed by atoms with E-state index in [9.17, 15) is 14.4 Å². The minimum absolute atomic E-state index is 0.132. The van der Waals surface area contributed by atoms with E-state index < -0.39 is 23.5 Å². The molecule has 2 aromatic rings. The van der Waals surface area contributed by atoms with E-state index in [1.54, 1.807) is 25.2 Å². The van der Waals surface area contributed by atoms with Crippen molar-refractivity contribution in [3.63, 3.8) is 0 Å². The van der Waals surface area contributed by atoms with Gasteiger partial charge in [0.2, 0.25) is 0 Å². The molecule has 0 aliphatic carbocycles. The molecule has 0 aliphatic heterocycles. The van der Waals surface area contributed by atoms with Crippen molar-refractivity contribution in [2.24, 2.45) is 0 Å². The lowest BCUT2D eigenvalue weighted by Crippen LogP contribution is -2.46. The maximum absolute atomic E-state index is 12.9. The monoisotopic (exact) mass is 396 g/mol. The zero-order chi connectivity index (χ0) is 21.6. The molecule has 0 spiro atoms. The van der Waals surface area contributed by atoms with Crippen LogP contribution in [0.4, 0.5) is 0 Å². The third kappa shape index (κ3) is 6.45. The van der Waals surface area contributed by atoms with Gasteiger partial charge in [-0.15, -0.1) is 0 Å². The van der Waals surface area contributed by atoms with Crippen molar-refractivity contribution in [1.82, 2.24) is 10.2 Å². The predicted octanol–water partition coefficient (Wildman–Crippen LogP) is 3.42. The fourth-order valence-corrected chi connectivity index (χ4v) is 2.73. The van der Waals surface area contributed by atoms with Crippen LogP contribution in [-0.2, 0) is 16.1 Å². The minimum Gasteiger partial charge on any atom is -0.449 e. The lowest BCUT2D eigenvalue weighted by molar-refractivity contribution is -0.130. The Morgan fingerprint density at radius 3 is 2.10 bits per heavy atom. The summed E-state index contributed by atoms with van der Waals surface area (Å²) in [6.07, 6.45) is -0.980. The molecule has 0 radical (unpaired) electrons. The zero-order valence-electron chi connectivity index (χ0n) is 17.6. The van der Waals surface area contributed by atoms with Crippen LogP contribution in [0.5, 0.6) is 0 Å². The summed E-state index contributed by atoms with van der Waals surface area (Å²) in [5.41, 5.74) is 0.911. The maximum Gasteiger partial charge on any atom is 0.339 e. The highest BCUT2D eigenvalue weighted by molar-refractivity contribution is 6.05. The summed E-state index contributed by atoms with van der Waals surface area (Å²) in [7, 11) is 1.68. The normalized spacial score (nSPS) is 12.0. The standard InChI is InChI=1S/C23H28N2O4/c1-16(20(26)24-23(2,3)4)29-22(28)19-14-10-9-13-18(19)21(27)25(5)15-17-11-7-6-8-12-17/h6-14,16H,15H2,1-5H3,(H,24,26)/t16-/m0/s1. The number of carbonyl (C=O) groups excluding carboxylic acids is 3. The predicted molar refractivity (Wildman–Crippen MR) is 111 cm³/mol. The van der Waals surface area contributed by atoms with Gasteiger partial charge in [0.1, 0.15) is 0 Å². The lowest BCUT2D eigenvalue weighted by Gasteiger charge is -2.23. The molecule has 0 fully saturated rings. The Morgan fingerprint density at radius 1 is 0.966 bits per heavy atom. The van der Waals surface area contributed by atoms with Crippen molar-refractivity contribution in [2.75, 3.05) is 7.05 Å². The number of ether oxygens (including phenoxy) is 1. The molecule has 2 amide bonds. The van der Waals surface area contributed by atoms with Crippen molar-refractivity contribution in [2.45, 2.75) is 45.9 Å². The highest BCUT2D eigenvalue weighted by Crippen LogP contribution is 2.15. The molecule has 0 unspecified atom stereocenters. The van der Waals surface area contributed by atoms with Crippen LogP contribution in [-0.4, -0.2) is 41.4 Å². The van der Waals surface area contributed by atoms with Crippen LogP contribution < -0.4 is 5.32 Å². The molecule has 0 saturated heterocycles. The Kier molecular flexibility index (Phi) is 7.15. The van der Waals surface area contributed by atoms with Crippen LogP contribution in [0.3, 0.4) is 0 Å². The van der Waals surface area contributed by atoms with Crippen LogP contribution in [0.2, 0.25) is 0 Å². The summed E-state index contributed by atoms with van der Waals surface area (Å²) in [6, 6.07) is 16.0. The van der Waals surface area contributed by atoms with Crippen LogP contribution in [0.15, 0.2) is 54.6 Å². The number of nitrogens with one attached hydrogen (secondary N) is 1. The second kappa shape index (κ2) is 9.37. The fourth-order valence-electron chi connectivity index (χ4n) is 2.73. The Labute approximate surface area is 171 Å². The first-order valence-electron chi connectivity index (χ1n) is 9.50. The van der Waals surface area contributed by atoms with Gasteiger partial charge in [0, 0.05) is 19.1 Å². The van der Waals surface area contributed by atoms with Gasteiger partial charge in [-0.25, -0.2) is 4.79 Å². The van der Waals surface area contributed by atoms with Crippen LogP contribution in [0.1, 0.15) is 54.0 Å². The van der Waals surface area contributed by atoms with Gasteiger partial charge < -0.3 is 15.0 Å².